The molecule has 118 valence electrons. The maximum Gasteiger partial charge on any atom is 0.0358 e. The predicted octanol–water partition coefficient (Wildman–Crippen LogP) is 2.61. The van der Waals surface area contributed by atoms with Crippen LogP contribution in [0.15, 0.2) is 30.3 Å². The Morgan fingerprint density at radius 3 is 2.57 bits per heavy atom. The SMILES string of the molecule is CCNC(c1ccccc1)C(C)CN1CCCN(C)CC1. The molecule has 1 aliphatic heterocycles. The molecular formula is C18H31N3. The molecule has 2 unspecified atom stereocenters. The highest BCUT2D eigenvalue weighted by molar-refractivity contribution is 5.19. The van der Waals surface area contributed by atoms with Crippen molar-refractivity contribution in [1.29, 1.82) is 0 Å². The molecule has 1 aromatic carbocycles. The molecule has 1 saturated heterocycles. The molecule has 1 N–H and O–H groups in total. The summed E-state index contributed by atoms with van der Waals surface area (Å²) < 4.78 is 0. The summed E-state index contributed by atoms with van der Waals surface area (Å²) in [5.41, 5.74) is 1.42. The van der Waals surface area contributed by atoms with Crippen LogP contribution in [-0.4, -0.2) is 56.1 Å². The number of likely N-dealkylation sites (N-methyl/N-ethyl adjacent to an activating group) is 1. The molecule has 1 aliphatic rings. The Hall–Kier alpha value is -0.900. The molecule has 1 heterocycles. The maximum atomic E-state index is 3.68. The van der Waals surface area contributed by atoms with Gasteiger partial charge in [-0.15, -0.1) is 0 Å². The van der Waals surface area contributed by atoms with Gasteiger partial charge in [-0.25, -0.2) is 0 Å². The summed E-state index contributed by atoms with van der Waals surface area (Å²) in [5.74, 6) is 0.621. The quantitative estimate of drug-likeness (QED) is 0.868. The van der Waals surface area contributed by atoms with E-state index in [2.05, 4.69) is 66.3 Å². The smallest absolute Gasteiger partial charge is 0.0358 e. The Balaban J connectivity index is 1.96. The number of nitrogens with zero attached hydrogens (tertiary/aromatic N) is 2. The zero-order chi connectivity index (χ0) is 15.1. The normalized spacial score (nSPS) is 20.9. The topological polar surface area (TPSA) is 18.5 Å². The molecule has 21 heavy (non-hydrogen) atoms. The van der Waals surface area contributed by atoms with E-state index < -0.39 is 0 Å². The van der Waals surface area contributed by atoms with Gasteiger partial charge in [0.1, 0.15) is 0 Å². The highest BCUT2D eigenvalue weighted by Gasteiger charge is 2.21. The van der Waals surface area contributed by atoms with Gasteiger partial charge in [0.2, 0.25) is 0 Å². The summed E-state index contributed by atoms with van der Waals surface area (Å²) in [7, 11) is 2.23. The van der Waals surface area contributed by atoms with E-state index in [0.717, 1.165) is 6.54 Å². The molecule has 0 spiro atoms. The van der Waals surface area contributed by atoms with Crippen LogP contribution in [0.5, 0.6) is 0 Å². The second-order valence-corrected chi connectivity index (χ2v) is 6.38. The average molecular weight is 289 g/mol. The van der Waals surface area contributed by atoms with E-state index in [1.807, 2.05) is 0 Å². The molecule has 3 heteroatoms. The molecule has 2 atom stereocenters. The number of benzene rings is 1. The van der Waals surface area contributed by atoms with Gasteiger partial charge in [0.15, 0.2) is 0 Å². The Morgan fingerprint density at radius 1 is 1.10 bits per heavy atom. The van der Waals surface area contributed by atoms with E-state index >= 15 is 0 Å². The van der Waals surface area contributed by atoms with Crippen LogP contribution in [0, 0.1) is 5.92 Å². The van der Waals surface area contributed by atoms with Gasteiger partial charge in [-0.05, 0) is 44.6 Å². The van der Waals surface area contributed by atoms with Crippen LogP contribution >= 0.6 is 0 Å². The molecule has 0 radical (unpaired) electrons. The monoisotopic (exact) mass is 289 g/mol. The van der Waals surface area contributed by atoms with Crippen LogP contribution in [-0.2, 0) is 0 Å². The highest BCUT2D eigenvalue weighted by Crippen LogP contribution is 2.23. The summed E-state index contributed by atoms with van der Waals surface area (Å²) in [5, 5.41) is 3.68. The second kappa shape index (κ2) is 8.52. The first-order valence-electron chi connectivity index (χ1n) is 8.40. The van der Waals surface area contributed by atoms with Crippen molar-refractivity contribution in [2.24, 2.45) is 5.92 Å². The molecule has 0 bridgehead atoms. The number of nitrogens with one attached hydrogen (secondary N) is 1. The van der Waals surface area contributed by atoms with Gasteiger partial charge in [-0.1, -0.05) is 44.2 Å². The van der Waals surface area contributed by atoms with Crippen molar-refractivity contribution in [3.8, 4) is 0 Å². The zero-order valence-corrected chi connectivity index (χ0v) is 13.9. The van der Waals surface area contributed by atoms with Crippen LogP contribution in [0.25, 0.3) is 0 Å². The van der Waals surface area contributed by atoms with Gasteiger partial charge in [0.05, 0.1) is 0 Å². The fourth-order valence-corrected chi connectivity index (χ4v) is 3.32. The van der Waals surface area contributed by atoms with E-state index in [0.29, 0.717) is 12.0 Å². The Labute approximate surface area is 130 Å². The number of hydrogen-bond donors (Lipinski definition) is 1. The van der Waals surface area contributed by atoms with Crippen LogP contribution in [0.1, 0.15) is 31.9 Å². The molecule has 1 fully saturated rings. The highest BCUT2D eigenvalue weighted by atomic mass is 15.2. The summed E-state index contributed by atoms with van der Waals surface area (Å²) in [6.45, 7) is 11.7. The molecule has 0 aromatic heterocycles. The maximum absolute atomic E-state index is 3.68. The fourth-order valence-electron chi connectivity index (χ4n) is 3.32. The van der Waals surface area contributed by atoms with Gasteiger partial charge < -0.3 is 15.1 Å². The standard InChI is InChI=1S/C18H31N3/c1-4-19-18(17-9-6-5-7-10-17)16(2)15-21-12-8-11-20(3)13-14-21/h5-7,9-10,16,18-19H,4,8,11-15H2,1-3H3. The van der Waals surface area contributed by atoms with Crippen molar-refractivity contribution in [2.45, 2.75) is 26.3 Å². The zero-order valence-electron chi connectivity index (χ0n) is 13.9. The van der Waals surface area contributed by atoms with E-state index in [1.165, 1.54) is 44.7 Å². The third-order valence-electron chi connectivity index (χ3n) is 4.51. The third-order valence-corrected chi connectivity index (χ3v) is 4.51. The summed E-state index contributed by atoms with van der Waals surface area (Å²) in [4.78, 5) is 5.09. The lowest BCUT2D eigenvalue weighted by atomic mass is 9.93. The van der Waals surface area contributed by atoms with Crippen molar-refractivity contribution >= 4 is 0 Å². The summed E-state index contributed by atoms with van der Waals surface area (Å²) in [6, 6.07) is 11.3. The largest absolute Gasteiger partial charge is 0.310 e. The first kappa shape index (κ1) is 16.5. The van der Waals surface area contributed by atoms with E-state index in [4.69, 9.17) is 0 Å². The van der Waals surface area contributed by atoms with Crippen molar-refractivity contribution in [3.05, 3.63) is 35.9 Å². The Kier molecular flexibility index (Phi) is 6.68. The predicted molar refractivity (Wildman–Crippen MR) is 90.6 cm³/mol. The summed E-state index contributed by atoms with van der Waals surface area (Å²) in [6.07, 6.45) is 1.29. The van der Waals surface area contributed by atoms with Gasteiger partial charge >= 0.3 is 0 Å². The molecule has 1 aromatic rings. The lowest BCUT2D eigenvalue weighted by Gasteiger charge is -2.30. The van der Waals surface area contributed by atoms with Gasteiger partial charge in [-0.3, -0.25) is 0 Å². The van der Waals surface area contributed by atoms with Crippen molar-refractivity contribution in [2.75, 3.05) is 46.3 Å². The first-order valence-corrected chi connectivity index (χ1v) is 8.40. The van der Waals surface area contributed by atoms with Crippen LogP contribution in [0.3, 0.4) is 0 Å². The lowest BCUT2D eigenvalue weighted by molar-refractivity contribution is 0.216. The molecule has 3 nitrogen and oxygen atoms in total. The fraction of sp³-hybridized carbons (Fsp3) is 0.667. The Morgan fingerprint density at radius 2 is 1.86 bits per heavy atom. The third kappa shape index (κ3) is 5.10. The Bertz CT molecular complexity index is 393. The minimum Gasteiger partial charge on any atom is -0.310 e. The van der Waals surface area contributed by atoms with E-state index in [-0.39, 0.29) is 0 Å². The minimum atomic E-state index is 0.456. The first-order chi connectivity index (χ1) is 10.2. The molecule has 0 amide bonds. The summed E-state index contributed by atoms with van der Waals surface area (Å²) >= 11 is 0. The molecular weight excluding hydrogens is 258 g/mol. The van der Waals surface area contributed by atoms with Crippen LogP contribution in [0.2, 0.25) is 0 Å². The molecule has 2 rings (SSSR count). The average Bonchev–Trinajstić information content (AvgIpc) is 2.70. The molecule has 0 aliphatic carbocycles. The van der Waals surface area contributed by atoms with Gasteiger partial charge in [-0.2, -0.15) is 0 Å². The van der Waals surface area contributed by atoms with Gasteiger partial charge in [0, 0.05) is 25.7 Å². The van der Waals surface area contributed by atoms with E-state index in [1.54, 1.807) is 0 Å². The van der Waals surface area contributed by atoms with Gasteiger partial charge in [0.25, 0.3) is 0 Å². The number of rotatable bonds is 6. The van der Waals surface area contributed by atoms with Crippen molar-refractivity contribution < 1.29 is 0 Å². The van der Waals surface area contributed by atoms with Crippen molar-refractivity contribution in [3.63, 3.8) is 0 Å². The van der Waals surface area contributed by atoms with Crippen LogP contribution in [0.4, 0.5) is 0 Å². The van der Waals surface area contributed by atoms with E-state index in [9.17, 15) is 0 Å². The molecule has 0 saturated carbocycles. The lowest BCUT2D eigenvalue weighted by Crippen LogP contribution is -2.37. The van der Waals surface area contributed by atoms with Crippen LogP contribution < -0.4 is 5.32 Å². The minimum absolute atomic E-state index is 0.456. The second-order valence-electron chi connectivity index (χ2n) is 6.38. The van der Waals surface area contributed by atoms with Crippen molar-refractivity contribution in [1.82, 2.24) is 15.1 Å². The number of hydrogen-bond acceptors (Lipinski definition) is 3.